The third kappa shape index (κ3) is 5.32. The van der Waals surface area contributed by atoms with Crippen molar-refractivity contribution in [1.82, 2.24) is 9.97 Å². The van der Waals surface area contributed by atoms with E-state index in [0.29, 0.717) is 21.6 Å². The summed E-state index contributed by atoms with van der Waals surface area (Å²) in [6, 6.07) is 3.29. The fourth-order valence-electron chi connectivity index (χ4n) is 5.94. The van der Waals surface area contributed by atoms with Crippen LogP contribution in [-0.4, -0.2) is 69.6 Å². The van der Waals surface area contributed by atoms with Crippen LogP contribution in [0, 0.1) is 11.8 Å². The van der Waals surface area contributed by atoms with E-state index in [1.807, 2.05) is 0 Å². The van der Waals surface area contributed by atoms with Crippen molar-refractivity contribution in [1.29, 1.82) is 0 Å². The number of hydrogen-bond donors (Lipinski definition) is 2. The highest BCUT2D eigenvalue weighted by atomic mass is 79.9. The number of fused-ring (bicyclic) bond motifs is 3. The standard InChI is InChI=1S/C24H28F2N4O4S.BrH/c25-23(26)6-3-17(10-23)24(33,20-2-1-9-35-20)22(32)34-19-13-30(7-4-16(19)5-8-30)14-21(31)29-18-11-27-15-28-12-18;/h1-2,9,11-12,15-17,19,33H,3-8,10,13-14H2;1H/t16?,17?,19-,24?,30?;/m0./s1. The number of thiophene rings is 1. The van der Waals surface area contributed by atoms with Gasteiger partial charge in [0.25, 0.3) is 5.91 Å². The molecule has 1 saturated carbocycles. The number of aromatic nitrogens is 2. The number of anilines is 1. The first kappa shape index (κ1) is 27.0. The molecule has 36 heavy (non-hydrogen) atoms. The van der Waals surface area contributed by atoms with Crippen LogP contribution in [0.2, 0.25) is 0 Å². The Hall–Kier alpha value is -2.02. The number of amides is 1. The van der Waals surface area contributed by atoms with Crippen molar-refractivity contribution in [3.63, 3.8) is 0 Å². The molecule has 3 atom stereocenters. The van der Waals surface area contributed by atoms with Crippen molar-refractivity contribution in [2.24, 2.45) is 11.8 Å². The summed E-state index contributed by atoms with van der Waals surface area (Å²) in [6.07, 6.45) is 4.68. The average Bonchev–Trinajstić information content (AvgIpc) is 3.50. The molecule has 2 bridgehead atoms. The second kappa shape index (κ2) is 10.4. The molecule has 0 radical (unpaired) electrons. The Bertz CT molecular complexity index is 1070. The predicted molar refractivity (Wildman–Crippen MR) is 123 cm³/mol. The molecule has 2 unspecified atom stereocenters. The van der Waals surface area contributed by atoms with E-state index in [1.165, 1.54) is 30.1 Å². The normalized spacial score (nSPS) is 30.1. The van der Waals surface area contributed by atoms with Crippen LogP contribution in [0.1, 0.15) is 37.0 Å². The Balaban J connectivity index is 0.00000304. The summed E-state index contributed by atoms with van der Waals surface area (Å²) in [7, 11) is 0. The molecular formula is C24H29BrF2N4O4S. The Morgan fingerprint density at radius 3 is 2.58 bits per heavy atom. The first-order valence-electron chi connectivity index (χ1n) is 11.9. The van der Waals surface area contributed by atoms with Crippen molar-refractivity contribution in [2.45, 2.75) is 49.7 Å². The van der Waals surface area contributed by atoms with Crippen molar-refractivity contribution in [3.8, 4) is 0 Å². The molecule has 12 heteroatoms. The lowest BCUT2D eigenvalue weighted by molar-refractivity contribution is -0.939. The van der Waals surface area contributed by atoms with E-state index in [2.05, 4.69) is 15.3 Å². The molecule has 3 aliphatic heterocycles. The van der Waals surface area contributed by atoms with Crippen LogP contribution >= 0.6 is 11.3 Å². The zero-order valence-corrected chi connectivity index (χ0v) is 22.0. The number of alkyl halides is 2. The van der Waals surface area contributed by atoms with Crippen LogP contribution in [0.4, 0.5) is 14.5 Å². The van der Waals surface area contributed by atoms with Gasteiger partial charge in [0.05, 0.1) is 31.2 Å². The van der Waals surface area contributed by atoms with Crippen LogP contribution in [0.5, 0.6) is 0 Å². The van der Waals surface area contributed by atoms with Gasteiger partial charge in [-0.05, 0) is 17.9 Å². The molecule has 5 heterocycles. The summed E-state index contributed by atoms with van der Waals surface area (Å²) in [5.41, 5.74) is -1.59. The van der Waals surface area contributed by atoms with Crippen LogP contribution in [-0.2, 0) is 19.9 Å². The van der Waals surface area contributed by atoms with Gasteiger partial charge in [-0.25, -0.2) is 23.5 Å². The number of rotatable bonds is 7. The monoisotopic (exact) mass is 586 g/mol. The van der Waals surface area contributed by atoms with Crippen LogP contribution < -0.4 is 22.3 Å². The Labute approximate surface area is 222 Å². The van der Waals surface area contributed by atoms with E-state index < -0.39 is 35.9 Å². The van der Waals surface area contributed by atoms with E-state index in [-0.39, 0.29) is 48.2 Å². The van der Waals surface area contributed by atoms with Crippen molar-refractivity contribution >= 4 is 28.9 Å². The quantitative estimate of drug-likeness (QED) is 0.349. The predicted octanol–water partition coefficient (Wildman–Crippen LogP) is -0.0440. The van der Waals surface area contributed by atoms with E-state index in [0.717, 1.165) is 25.9 Å². The molecule has 4 fully saturated rings. The van der Waals surface area contributed by atoms with Gasteiger partial charge in [-0.1, -0.05) is 6.07 Å². The van der Waals surface area contributed by atoms with E-state index in [1.54, 1.807) is 17.5 Å². The molecule has 2 aromatic heterocycles. The van der Waals surface area contributed by atoms with Gasteiger partial charge in [-0.2, -0.15) is 0 Å². The summed E-state index contributed by atoms with van der Waals surface area (Å²) in [5.74, 6) is -4.72. The highest BCUT2D eigenvalue weighted by Crippen LogP contribution is 2.49. The number of quaternary nitrogens is 1. The summed E-state index contributed by atoms with van der Waals surface area (Å²) < 4.78 is 34.5. The molecule has 1 amide bonds. The highest BCUT2D eigenvalue weighted by Gasteiger charge is 2.57. The Morgan fingerprint density at radius 1 is 1.25 bits per heavy atom. The number of carbonyl (C=O) groups excluding carboxylic acids is 2. The summed E-state index contributed by atoms with van der Waals surface area (Å²) >= 11 is 1.17. The largest absolute Gasteiger partial charge is 1.00 e. The minimum Gasteiger partial charge on any atom is -1.00 e. The van der Waals surface area contributed by atoms with Gasteiger partial charge in [0.15, 0.2) is 18.2 Å². The zero-order chi connectivity index (χ0) is 24.7. The van der Waals surface area contributed by atoms with Gasteiger partial charge in [0.2, 0.25) is 5.92 Å². The first-order chi connectivity index (χ1) is 16.7. The number of aliphatic hydroxyl groups is 1. The van der Waals surface area contributed by atoms with Crippen molar-refractivity contribution in [3.05, 3.63) is 41.1 Å². The van der Waals surface area contributed by atoms with Crippen LogP contribution in [0.15, 0.2) is 36.2 Å². The number of piperidine rings is 3. The number of halogens is 3. The summed E-state index contributed by atoms with van der Waals surface area (Å²) in [5, 5.41) is 16.1. The van der Waals surface area contributed by atoms with E-state index in [9.17, 15) is 23.5 Å². The molecule has 196 valence electrons. The highest BCUT2D eigenvalue weighted by molar-refractivity contribution is 7.10. The van der Waals surface area contributed by atoms with Gasteiger partial charge >= 0.3 is 5.97 Å². The summed E-state index contributed by atoms with van der Waals surface area (Å²) in [6.45, 7) is 2.26. The molecule has 3 saturated heterocycles. The van der Waals surface area contributed by atoms with Gasteiger partial charge in [0.1, 0.15) is 12.9 Å². The maximum Gasteiger partial charge on any atom is 0.344 e. The van der Waals surface area contributed by atoms with Gasteiger partial charge in [-0.15, -0.1) is 11.3 Å². The fraction of sp³-hybridized carbons (Fsp3) is 0.583. The maximum atomic E-state index is 14.0. The molecule has 1 aliphatic carbocycles. The smallest absolute Gasteiger partial charge is 0.344 e. The molecule has 2 aromatic rings. The molecule has 2 N–H and O–H groups in total. The third-order valence-corrected chi connectivity index (χ3v) is 8.82. The summed E-state index contributed by atoms with van der Waals surface area (Å²) in [4.78, 5) is 34.3. The second-order valence-electron chi connectivity index (χ2n) is 10.1. The molecule has 8 nitrogen and oxygen atoms in total. The number of nitrogens with one attached hydrogen (secondary N) is 1. The Morgan fingerprint density at radius 2 is 1.97 bits per heavy atom. The topological polar surface area (TPSA) is 101 Å². The maximum absolute atomic E-state index is 14.0. The SMILES string of the molecule is O=C(C[N+]12CCC(CC1)[C@@H](OC(=O)C(O)(c1cccs1)C1CCC(F)(F)C1)C2)Nc1cncnc1.[Br-]. The second-order valence-corrected chi connectivity index (χ2v) is 11.1. The lowest BCUT2D eigenvalue weighted by Gasteiger charge is -2.51. The fourth-order valence-corrected chi connectivity index (χ4v) is 6.83. The van der Waals surface area contributed by atoms with E-state index >= 15 is 0 Å². The Kier molecular flexibility index (Phi) is 7.80. The van der Waals surface area contributed by atoms with Crippen molar-refractivity contribution < 1.29 is 49.7 Å². The molecular weight excluding hydrogens is 558 g/mol. The first-order valence-corrected chi connectivity index (χ1v) is 12.8. The number of ether oxygens (including phenoxy) is 1. The number of esters is 1. The zero-order valence-electron chi connectivity index (χ0n) is 19.6. The molecule has 6 rings (SSSR count). The lowest BCUT2D eigenvalue weighted by atomic mass is 9.82. The number of carbonyl (C=O) groups is 2. The minimum absolute atomic E-state index is 0. The van der Waals surface area contributed by atoms with Crippen LogP contribution in [0.3, 0.4) is 0 Å². The number of nitrogens with zero attached hydrogens (tertiary/aromatic N) is 3. The molecule has 0 aromatic carbocycles. The van der Waals surface area contributed by atoms with Crippen LogP contribution in [0.25, 0.3) is 0 Å². The average molecular weight is 587 g/mol. The number of hydrogen-bond acceptors (Lipinski definition) is 7. The lowest BCUT2D eigenvalue weighted by Crippen LogP contribution is -3.00. The van der Waals surface area contributed by atoms with Gasteiger partial charge < -0.3 is 36.6 Å². The van der Waals surface area contributed by atoms with Crippen molar-refractivity contribution in [2.75, 3.05) is 31.5 Å². The van der Waals surface area contributed by atoms with Gasteiger partial charge in [-0.3, -0.25) is 4.79 Å². The minimum atomic E-state index is -2.90. The molecule has 4 aliphatic rings. The van der Waals surface area contributed by atoms with Gasteiger partial charge in [0, 0.05) is 42.4 Å². The molecule has 0 spiro atoms. The third-order valence-electron chi connectivity index (χ3n) is 7.83. The van der Waals surface area contributed by atoms with E-state index in [4.69, 9.17) is 4.74 Å².